The van der Waals surface area contributed by atoms with Crippen LogP contribution in [0, 0.1) is 0 Å². The van der Waals surface area contributed by atoms with Gasteiger partial charge in [-0.2, -0.15) is 0 Å². The van der Waals surface area contributed by atoms with E-state index in [1.807, 2.05) is 0 Å². The van der Waals surface area contributed by atoms with Crippen molar-refractivity contribution < 1.29 is 5.48 Å². The van der Waals surface area contributed by atoms with Gasteiger partial charge in [0.1, 0.15) is 0 Å². The van der Waals surface area contributed by atoms with Gasteiger partial charge in [-0.3, -0.25) is 0 Å². The summed E-state index contributed by atoms with van der Waals surface area (Å²) in [4.78, 5) is 0. The quantitative estimate of drug-likeness (QED) is 0.598. The van der Waals surface area contributed by atoms with Gasteiger partial charge in [-0.05, 0) is 0 Å². The molecule has 0 spiro atoms. The summed E-state index contributed by atoms with van der Waals surface area (Å²) in [5.74, 6) is 4.74. The molecule has 1 radical (unpaired) electrons. The van der Waals surface area contributed by atoms with Gasteiger partial charge in [0.25, 0.3) is 0 Å². The Labute approximate surface area is 66.5 Å². The van der Waals surface area contributed by atoms with E-state index in [4.69, 9.17) is 0 Å². The fourth-order valence-electron chi connectivity index (χ4n) is 0.771. The Kier molecular flexibility index (Phi) is 4.40. The fraction of sp³-hybridized carbons (Fsp3) is 0.250. The Balaban J connectivity index is 0.000000810. The van der Waals surface area contributed by atoms with E-state index >= 15 is 0 Å². The maximum atomic E-state index is 2.37. The zero-order valence-corrected chi connectivity index (χ0v) is 8.48. The van der Waals surface area contributed by atoms with Gasteiger partial charge in [0.2, 0.25) is 0 Å². The van der Waals surface area contributed by atoms with Crippen molar-refractivity contribution in [3.63, 3.8) is 0 Å². The van der Waals surface area contributed by atoms with Crippen molar-refractivity contribution >= 4 is 18.7 Å². The van der Waals surface area contributed by atoms with Crippen molar-refractivity contribution in [2.24, 2.45) is 0 Å². The van der Waals surface area contributed by atoms with Crippen molar-refractivity contribution in [1.82, 2.24) is 0 Å². The van der Waals surface area contributed by atoms with E-state index in [0.717, 1.165) is 0 Å². The first-order valence-electron chi connectivity index (χ1n) is 3.16. The molecule has 0 saturated heterocycles. The van der Waals surface area contributed by atoms with Crippen LogP contribution in [0.15, 0.2) is 30.3 Å². The van der Waals surface area contributed by atoms with Crippen LogP contribution in [-0.2, 0) is 0 Å². The third-order valence-electron chi connectivity index (χ3n) is 1.35. The van der Waals surface area contributed by atoms with E-state index in [1.165, 1.54) is 0 Å². The second-order valence-corrected chi connectivity index (χ2v) is 7.77. The summed E-state index contributed by atoms with van der Waals surface area (Å²) in [5, 5.41) is 0. The van der Waals surface area contributed by atoms with Gasteiger partial charge in [0.05, 0.1) is 0 Å². The van der Waals surface area contributed by atoms with Crippen molar-refractivity contribution in [3.8, 4) is 0 Å². The van der Waals surface area contributed by atoms with E-state index in [0.29, 0.717) is 0 Å². The Morgan fingerprint density at radius 3 is 1.80 bits per heavy atom. The summed E-state index contributed by atoms with van der Waals surface area (Å²) in [6.45, 7) is 0. The molecule has 0 fully saturated rings. The summed E-state index contributed by atoms with van der Waals surface area (Å²) in [6.07, 6.45) is 0. The van der Waals surface area contributed by atoms with Gasteiger partial charge in [-0.1, -0.05) is 0 Å². The van der Waals surface area contributed by atoms with Gasteiger partial charge in [0, 0.05) is 0 Å². The first kappa shape index (κ1) is 9.72. The SMILES string of the molecule is O.[CH3][Ge]([CH3])[c]1ccccc1. The van der Waals surface area contributed by atoms with Crippen LogP contribution in [0.3, 0.4) is 0 Å². The summed E-state index contributed by atoms with van der Waals surface area (Å²) in [5.41, 5.74) is 0. The van der Waals surface area contributed by atoms with Crippen LogP contribution in [0.2, 0.25) is 11.5 Å². The van der Waals surface area contributed by atoms with Crippen molar-refractivity contribution in [2.75, 3.05) is 0 Å². The average Bonchev–Trinajstić information content (AvgIpc) is 1.90. The molecule has 0 aliphatic carbocycles. The number of hydrogen-bond acceptors (Lipinski definition) is 0. The third kappa shape index (κ3) is 2.54. The Bertz CT molecular complexity index is 172. The summed E-state index contributed by atoms with van der Waals surface area (Å²) >= 11 is -0.766. The van der Waals surface area contributed by atoms with E-state index < -0.39 is 14.3 Å². The molecular weight excluding hydrogens is 185 g/mol. The second-order valence-electron chi connectivity index (χ2n) is 2.37. The molecule has 55 valence electrons. The van der Waals surface area contributed by atoms with E-state index in [2.05, 4.69) is 41.8 Å². The Hall–Kier alpha value is -0.277. The first-order valence-corrected chi connectivity index (χ1v) is 8.41. The van der Waals surface area contributed by atoms with E-state index in [-0.39, 0.29) is 5.48 Å². The molecule has 1 aromatic rings. The summed E-state index contributed by atoms with van der Waals surface area (Å²) in [6, 6.07) is 10.8. The monoisotopic (exact) mass is 199 g/mol. The number of rotatable bonds is 1. The molecule has 0 heterocycles. The van der Waals surface area contributed by atoms with Crippen LogP contribution in [-0.4, -0.2) is 19.8 Å². The van der Waals surface area contributed by atoms with Crippen LogP contribution < -0.4 is 4.40 Å². The van der Waals surface area contributed by atoms with Crippen LogP contribution in [0.1, 0.15) is 0 Å². The molecule has 0 aliphatic rings. The topological polar surface area (TPSA) is 31.5 Å². The molecule has 1 aromatic carbocycles. The second kappa shape index (κ2) is 4.52. The molecule has 0 aromatic heterocycles. The molecule has 0 aliphatic heterocycles. The van der Waals surface area contributed by atoms with Crippen LogP contribution in [0.5, 0.6) is 0 Å². The van der Waals surface area contributed by atoms with Gasteiger partial charge in [0.15, 0.2) is 0 Å². The minimum atomic E-state index is -0.766. The Morgan fingerprint density at radius 1 is 1.00 bits per heavy atom. The number of benzene rings is 1. The standard InChI is InChI=1S/C8H11Ge.H2O/c1-9(2)8-6-4-3-5-7-8;/h3-7H,1-2H3;1H2. The molecule has 0 saturated carbocycles. The first-order chi connectivity index (χ1) is 4.30. The third-order valence-corrected chi connectivity index (χ3v) is 4.47. The number of hydrogen-bond donors (Lipinski definition) is 0. The minimum absolute atomic E-state index is 0. The predicted octanol–water partition coefficient (Wildman–Crippen LogP) is 0.823. The van der Waals surface area contributed by atoms with Gasteiger partial charge in [-0.25, -0.2) is 0 Å². The normalized spacial score (nSPS) is 9.10. The van der Waals surface area contributed by atoms with Crippen molar-refractivity contribution in [1.29, 1.82) is 0 Å². The molecule has 0 bridgehead atoms. The summed E-state index contributed by atoms with van der Waals surface area (Å²) in [7, 11) is 0. The maximum absolute atomic E-state index is 2.37. The predicted molar refractivity (Wildman–Crippen MR) is 47.2 cm³/mol. The molecular formula is C8H13GeO. The molecule has 1 rings (SSSR count). The molecule has 2 N–H and O–H groups in total. The molecule has 1 nitrogen and oxygen atoms in total. The molecule has 0 amide bonds. The molecule has 0 unspecified atom stereocenters. The molecule has 0 atom stereocenters. The van der Waals surface area contributed by atoms with Crippen LogP contribution in [0.25, 0.3) is 0 Å². The van der Waals surface area contributed by atoms with Crippen molar-refractivity contribution in [3.05, 3.63) is 30.3 Å². The van der Waals surface area contributed by atoms with E-state index in [1.54, 1.807) is 4.40 Å². The van der Waals surface area contributed by atoms with Gasteiger partial charge >= 0.3 is 60.6 Å². The molecule has 2 heteroatoms. The van der Waals surface area contributed by atoms with Crippen LogP contribution >= 0.6 is 0 Å². The zero-order chi connectivity index (χ0) is 6.69. The van der Waals surface area contributed by atoms with Gasteiger partial charge < -0.3 is 5.48 Å². The van der Waals surface area contributed by atoms with Crippen LogP contribution in [0.4, 0.5) is 0 Å². The Morgan fingerprint density at radius 2 is 1.50 bits per heavy atom. The van der Waals surface area contributed by atoms with Crippen molar-refractivity contribution in [2.45, 2.75) is 11.5 Å². The average molecular weight is 198 g/mol. The molecule has 10 heavy (non-hydrogen) atoms. The zero-order valence-electron chi connectivity index (χ0n) is 6.39. The summed E-state index contributed by atoms with van der Waals surface area (Å²) < 4.78 is 1.58. The van der Waals surface area contributed by atoms with Gasteiger partial charge in [-0.15, -0.1) is 0 Å². The van der Waals surface area contributed by atoms with E-state index in [9.17, 15) is 0 Å². The fourth-order valence-corrected chi connectivity index (χ4v) is 2.57.